The molecule has 2 unspecified atom stereocenters. The van der Waals surface area contributed by atoms with Crippen LogP contribution in [0, 0.1) is 0 Å². The van der Waals surface area contributed by atoms with Crippen molar-refractivity contribution in [2.75, 3.05) is 55.9 Å². The van der Waals surface area contributed by atoms with Crippen molar-refractivity contribution in [3.63, 3.8) is 0 Å². The molecule has 212 valence electrons. The summed E-state index contributed by atoms with van der Waals surface area (Å²) in [6.07, 6.45) is -0.263. The quantitative estimate of drug-likeness (QED) is 0.139. The number of hydrogen-bond acceptors (Lipinski definition) is 16. The van der Waals surface area contributed by atoms with E-state index in [2.05, 4.69) is 9.47 Å². The fraction of sp³-hybridized carbons (Fsp3) is 0.778. The molecule has 12 nitrogen and oxygen atoms in total. The van der Waals surface area contributed by atoms with Crippen molar-refractivity contribution < 1.29 is 56.2 Å². The maximum atomic E-state index is 11.7. The molecule has 0 aromatic carbocycles. The fourth-order valence-corrected chi connectivity index (χ4v) is 9.69. The van der Waals surface area contributed by atoms with Gasteiger partial charge >= 0.3 is 23.9 Å². The van der Waals surface area contributed by atoms with Gasteiger partial charge in [-0.2, -0.15) is 0 Å². The lowest BCUT2D eigenvalue weighted by molar-refractivity contribution is -0.148. The third-order valence-electron chi connectivity index (χ3n) is 3.66. The first-order valence-corrected chi connectivity index (χ1v) is 18.4. The lowest BCUT2D eigenvalue weighted by atomic mass is 10.3. The predicted octanol–water partition coefficient (Wildman–Crippen LogP) is 3.46. The molecule has 0 saturated heterocycles. The predicted molar refractivity (Wildman–Crippen MR) is 146 cm³/mol. The van der Waals surface area contributed by atoms with E-state index < -0.39 is 45.8 Å². The van der Waals surface area contributed by atoms with Crippen molar-refractivity contribution in [3.8, 4) is 0 Å². The lowest BCUT2D eigenvalue weighted by Gasteiger charge is -2.21. The number of rotatable bonds is 16. The molecular weight excluding hydrogens is 598 g/mol. The minimum absolute atomic E-state index is 0.129. The second-order valence-corrected chi connectivity index (χ2v) is 19.1. The Bertz CT molecular complexity index is 782. The van der Waals surface area contributed by atoms with E-state index in [9.17, 15) is 19.2 Å². The zero-order valence-corrected chi connectivity index (χ0v) is 26.5. The molecule has 0 aromatic rings. The summed E-state index contributed by atoms with van der Waals surface area (Å²) in [5.74, 6) is -2.10. The Morgan fingerprint density at radius 1 is 0.639 bits per heavy atom. The molecular formula is C18H34O12P2S4. The molecule has 0 fully saturated rings. The van der Waals surface area contributed by atoms with Crippen LogP contribution in [-0.4, -0.2) is 90.2 Å². The summed E-state index contributed by atoms with van der Waals surface area (Å²) in [7, 11) is 8.09. The highest BCUT2D eigenvalue weighted by Gasteiger charge is 2.33. The largest absolute Gasteiger partial charge is 0.469 e. The molecule has 0 saturated carbocycles. The van der Waals surface area contributed by atoms with Gasteiger partial charge in [0.25, 0.3) is 0 Å². The Labute approximate surface area is 230 Å². The summed E-state index contributed by atoms with van der Waals surface area (Å²) in [5.41, 5.74) is -5.28. The molecule has 0 rings (SSSR count). The maximum Gasteiger partial charge on any atom is 0.320 e. The molecule has 0 amide bonds. The van der Waals surface area contributed by atoms with Crippen molar-refractivity contribution in [1.29, 1.82) is 0 Å². The number of methoxy groups -OCH3 is 2. The molecule has 0 N–H and O–H groups in total. The molecule has 0 aliphatic heterocycles. The highest BCUT2D eigenvalue weighted by atomic mass is 32.9. The molecule has 0 spiro atoms. The zero-order valence-electron chi connectivity index (χ0n) is 21.4. The van der Waals surface area contributed by atoms with Crippen LogP contribution in [0.2, 0.25) is 0 Å². The standard InChI is InChI=1S/2C9H17O6PS2/c1-5-15-8(10)6-7(9(11)12-2)18-16(17,13-3)14-4;1-5-15-9(11)7(6-8(10)12-2)18-16(17,13-3)14-4/h2*7H,5-6H2,1-4H3. The van der Waals surface area contributed by atoms with Gasteiger partial charge in [0.15, 0.2) is 0 Å². The Morgan fingerprint density at radius 3 is 1.36 bits per heavy atom. The van der Waals surface area contributed by atoms with Gasteiger partial charge in [0.1, 0.15) is 10.5 Å². The maximum absolute atomic E-state index is 11.7. The van der Waals surface area contributed by atoms with E-state index in [0.717, 1.165) is 22.8 Å². The average molecular weight is 633 g/mol. The van der Waals surface area contributed by atoms with Gasteiger partial charge in [0.05, 0.1) is 40.3 Å². The second-order valence-electron chi connectivity index (χ2n) is 5.88. The van der Waals surface area contributed by atoms with Gasteiger partial charge in [0, 0.05) is 28.4 Å². The van der Waals surface area contributed by atoms with E-state index in [4.69, 9.17) is 51.2 Å². The third kappa shape index (κ3) is 15.9. The van der Waals surface area contributed by atoms with Gasteiger partial charge in [-0.3, -0.25) is 19.2 Å². The van der Waals surface area contributed by atoms with Gasteiger partial charge in [-0.15, -0.1) is 0 Å². The summed E-state index contributed by atoms with van der Waals surface area (Å²) in [6.45, 7) is 3.84. The monoisotopic (exact) mass is 632 g/mol. The number of hydrogen-bond donors (Lipinski definition) is 0. The zero-order chi connectivity index (χ0) is 28.4. The highest BCUT2D eigenvalue weighted by molar-refractivity contribution is 8.68. The molecule has 0 aliphatic carbocycles. The summed E-state index contributed by atoms with van der Waals surface area (Å²) in [5, 5.41) is -1.58. The molecule has 0 aromatic heterocycles. The number of ether oxygens (including phenoxy) is 4. The molecule has 0 bridgehead atoms. The van der Waals surface area contributed by atoms with Crippen molar-refractivity contribution in [2.45, 2.75) is 37.2 Å². The summed E-state index contributed by atoms with van der Waals surface area (Å²) in [4.78, 5) is 45.9. The van der Waals surface area contributed by atoms with Crippen LogP contribution >= 0.6 is 34.2 Å². The Balaban J connectivity index is 0. The van der Waals surface area contributed by atoms with Crippen LogP contribution in [0.15, 0.2) is 0 Å². The topological polar surface area (TPSA) is 142 Å². The molecule has 18 heteroatoms. The normalized spacial score (nSPS) is 12.9. The summed E-state index contributed by atoms with van der Waals surface area (Å²) >= 11 is 12.3. The van der Waals surface area contributed by atoms with Gasteiger partial charge in [-0.05, 0) is 37.5 Å². The van der Waals surface area contributed by atoms with E-state index >= 15 is 0 Å². The molecule has 36 heavy (non-hydrogen) atoms. The number of carbonyl (C=O) groups excluding carboxylic acids is 4. The number of carbonyl (C=O) groups is 4. The second kappa shape index (κ2) is 20.7. The minimum atomic E-state index is -2.64. The fourth-order valence-electron chi connectivity index (χ4n) is 1.93. The van der Waals surface area contributed by atoms with Crippen LogP contribution in [0.3, 0.4) is 0 Å². The van der Waals surface area contributed by atoms with Crippen LogP contribution in [0.1, 0.15) is 26.7 Å². The van der Waals surface area contributed by atoms with Gasteiger partial charge in [0.2, 0.25) is 11.4 Å². The van der Waals surface area contributed by atoms with Gasteiger partial charge in [-0.1, -0.05) is 22.8 Å². The van der Waals surface area contributed by atoms with Crippen LogP contribution < -0.4 is 0 Å². The minimum Gasteiger partial charge on any atom is -0.469 e. The Morgan fingerprint density at radius 2 is 1.03 bits per heavy atom. The van der Waals surface area contributed by atoms with Gasteiger partial charge < -0.3 is 37.0 Å². The molecule has 2 atom stereocenters. The van der Waals surface area contributed by atoms with Crippen LogP contribution in [0.5, 0.6) is 0 Å². The van der Waals surface area contributed by atoms with E-state index in [-0.39, 0.29) is 26.1 Å². The third-order valence-corrected chi connectivity index (χ3v) is 15.4. The van der Waals surface area contributed by atoms with Crippen LogP contribution in [0.4, 0.5) is 0 Å². The van der Waals surface area contributed by atoms with Crippen molar-refractivity contribution in [1.82, 2.24) is 0 Å². The van der Waals surface area contributed by atoms with E-state index in [1.54, 1.807) is 13.8 Å². The average Bonchev–Trinajstić information content (AvgIpc) is 2.87. The van der Waals surface area contributed by atoms with E-state index in [1.165, 1.54) is 42.7 Å². The first-order chi connectivity index (χ1) is 16.8. The van der Waals surface area contributed by atoms with Crippen molar-refractivity contribution >= 4 is 81.6 Å². The molecule has 0 radical (unpaired) electrons. The van der Waals surface area contributed by atoms with E-state index in [1.807, 2.05) is 0 Å². The molecule has 0 aliphatic rings. The SMILES string of the molecule is CCOC(=O)C(CC(=O)OC)SP(=S)(OC)OC.CCOC(=O)CC(SP(=S)(OC)OC)C(=O)OC. The summed E-state index contributed by atoms with van der Waals surface area (Å²) < 4.78 is 39.1. The van der Waals surface area contributed by atoms with Crippen molar-refractivity contribution in [3.05, 3.63) is 0 Å². The van der Waals surface area contributed by atoms with Crippen LogP contribution in [0.25, 0.3) is 0 Å². The lowest BCUT2D eigenvalue weighted by Crippen LogP contribution is -2.24. The summed E-state index contributed by atoms with van der Waals surface area (Å²) in [6, 6.07) is 0. The van der Waals surface area contributed by atoms with Crippen LogP contribution in [-0.2, 0) is 79.8 Å². The smallest absolute Gasteiger partial charge is 0.320 e. The Kier molecular flexibility index (Phi) is 21.7. The van der Waals surface area contributed by atoms with Crippen molar-refractivity contribution in [2.24, 2.45) is 0 Å². The van der Waals surface area contributed by atoms with Gasteiger partial charge in [-0.25, -0.2) is 0 Å². The Hall–Kier alpha value is -0.280. The highest BCUT2D eigenvalue weighted by Crippen LogP contribution is 2.62. The number of esters is 4. The van der Waals surface area contributed by atoms with E-state index in [0.29, 0.717) is 0 Å². The first-order valence-electron chi connectivity index (χ1n) is 10.1. The molecule has 0 heterocycles. The first kappa shape index (κ1) is 37.9.